The Kier molecular flexibility index (Phi) is 9.36. The SMILES string of the molecule is CCNC1=C(CNC(=O)c2cc(Cl)cc(N(CC)[C@H]3CC[C@H](N(C)C)CC3)c2C)C(=O)CC(C)=N1. The number of benzene rings is 1. The first-order valence-electron chi connectivity index (χ1n) is 12.7. The van der Waals surface area contributed by atoms with Crippen LogP contribution in [0.15, 0.2) is 28.5 Å². The van der Waals surface area contributed by atoms with E-state index in [0.717, 1.165) is 36.3 Å². The van der Waals surface area contributed by atoms with E-state index in [-0.39, 0.29) is 24.7 Å². The molecule has 2 aliphatic rings. The van der Waals surface area contributed by atoms with Gasteiger partial charge in [-0.05, 0) is 85.2 Å². The van der Waals surface area contributed by atoms with Gasteiger partial charge in [-0.2, -0.15) is 0 Å². The highest BCUT2D eigenvalue weighted by atomic mass is 35.5. The molecule has 1 saturated carbocycles. The molecule has 0 aromatic heterocycles. The molecule has 0 radical (unpaired) electrons. The Morgan fingerprint density at radius 3 is 2.37 bits per heavy atom. The van der Waals surface area contributed by atoms with Gasteiger partial charge in [-0.1, -0.05) is 11.6 Å². The van der Waals surface area contributed by atoms with Crippen LogP contribution in [0.4, 0.5) is 5.69 Å². The summed E-state index contributed by atoms with van der Waals surface area (Å²) in [5.41, 5.74) is 3.75. The maximum absolute atomic E-state index is 13.3. The highest BCUT2D eigenvalue weighted by molar-refractivity contribution is 6.31. The van der Waals surface area contributed by atoms with Crippen molar-refractivity contribution in [2.75, 3.05) is 38.6 Å². The first-order valence-corrected chi connectivity index (χ1v) is 13.1. The van der Waals surface area contributed by atoms with Crippen LogP contribution in [0.5, 0.6) is 0 Å². The van der Waals surface area contributed by atoms with E-state index in [9.17, 15) is 9.59 Å². The number of carbonyl (C=O) groups is 2. The predicted molar refractivity (Wildman–Crippen MR) is 145 cm³/mol. The molecule has 1 aliphatic heterocycles. The summed E-state index contributed by atoms with van der Waals surface area (Å²) >= 11 is 6.52. The Bertz CT molecular complexity index is 1010. The Morgan fingerprint density at radius 1 is 1.11 bits per heavy atom. The lowest BCUT2D eigenvalue weighted by Gasteiger charge is -2.40. The van der Waals surface area contributed by atoms with Crippen LogP contribution in [0.2, 0.25) is 5.02 Å². The smallest absolute Gasteiger partial charge is 0.251 e. The van der Waals surface area contributed by atoms with E-state index < -0.39 is 0 Å². The van der Waals surface area contributed by atoms with Crippen LogP contribution in [0.1, 0.15) is 68.8 Å². The summed E-state index contributed by atoms with van der Waals surface area (Å²) in [4.78, 5) is 35.1. The largest absolute Gasteiger partial charge is 0.370 e. The van der Waals surface area contributed by atoms with Crippen molar-refractivity contribution in [1.82, 2.24) is 15.5 Å². The van der Waals surface area contributed by atoms with E-state index in [1.54, 1.807) is 6.07 Å². The van der Waals surface area contributed by atoms with Gasteiger partial charge >= 0.3 is 0 Å². The number of ketones is 1. The molecule has 2 N–H and O–H groups in total. The van der Waals surface area contributed by atoms with Crippen molar-refractivity contribution in [3.63, 3.8) is 0 Å². The number of anilines is 1. The zero-order valence-electron chi connectivity index (χ0n) is 22.0. The Morgan fingerprint density at radius 2 is 1.77 bits per heavy atom. The Hall–Kier alpha value is -2.38. The number of aliphatic imine (C=N–C) groups is 1. The fourth-order valence-corrected chi connectivity index (χ4v) is 5.45. The van der Waals surface area contributed by atoms with Gasteiger partial charge in [-0.15, -0.1) is 0 Å². The van der Waals surface area contributed by atoms with E-state index in [0.29, 0.717) is 40.6 Å². The predicted octanol–water partition coefficient (Wildman–Crippen LogP) is 4.33. The normalized spacial score (nSPS) is 20.7. The summed E-state index contributed by atoms with van der Waals surface area (Å²) in [5, 5.41) is 6.63. The third-order valence-electron chi connectivity index (χ3n) is 7.19. The number of hydrogen-bond donors (Lipinski definition) is 2. The number of halogens is 1. The maximum atomic E-state index is 13.3. The van der Waals surface area contributed by atoms with E-state index >= 15 is 0 Å². The molecule has 0 atom stereocenters. The van der Waals surface area contributed by atoms with Crippen molar-refractivity contribution in [2.45, 2.75) is 71.9 Å². The summed E-state index contributed by atoms with van der Waals surface area (Å²) in [6, 6.07) is 4.75. The molecule has 8 heteroatoms. The maximum Gasteiger partial charge on any atom is 0.251 e. The van der Waals surface area contributed by atoms with Crippen LogP contribution in [-0.2, 0) is 4.79 Å². The summed E-state index contributed by atoms with van der Waals surface area (Å²) in [6.45, 7) is 9.57. The van der Waals surface area contributed by atoms with Gasteiger partial charge in [0.2, 0.25) is 0 Å². The number of hydrogen-bond acceptors (Lipinski definition) is 6. The number of rotatable bonds is 9. The standard InChI is InChI=1S/C27H40ClN5O2/c1-7-29-26-23(25(34)13-17(3)31-26)16-30-27(35)22-14-19(28)15-24(18(22)4)33(8-2)21-11-9-20(10-12-21)32(5)6/h14-15,20-21,29H,7-13,16H2,1-6H3,(H,30,35)/t20-,21-. The minimum Gasteiger partial charge on any atom is -0.370 e. The number of amides is 1. The van der Waals surface area contributed by atoms with E-state index in [1.165, 1.54) is 12.8 Å². The van der Waals surface area contributed by atoms with Crippen molar-refractivity contribution < 1.29 is 9.59 Å². The highest BCUT2D eigenvalue weighted by Crippen LogP contribution is 2.34. The van der Waals surface area contributed by atoms with Gasteiger partial charge in [0.25, 0.3) is 5.91 Å². The zero-order valence-corrected chi connectivity index (χ0v) is 22.8. The molecular weight excluding hydrogens is 462 g/mol. The lowest BCUT2D eigenvalue weighted by molar-refractivity contribution is -0.114. The summed E-state index contributed by atoms with van der Waals surface area (Å²) in [7, 11) is 4.31. The van der Waals surface area contributed by atoms with Gasteiger partial charge in [0.1, 0.15) is 5.82 Å². The molecule has 0 saturated heterocycles. The second kappa shape index (κ2) is 12.0. The average molecular weight is 502 g/mol. The van der Waals surface area contributed by atoms with Gasteiger partial charge < -0.3 is 20.4 Å². The summed E-state index contributed by atoms with van der Waals surface area (Å²) in [5.74, 6) is 0.305. The molecule has 1 aliphatic carbocycles. The molecule has 0 spiro atoms. The second-order valence-electron chi connectivity index (χ2n) is 9.80. The molecule has 1 aromatic rings. The topological polar surface area (TPSA) is 77.0 Å². The third kappa shape index (κ3) is 6.44. The minimum atomic E-state index is -0.235. The van der Waals surface area contributed by atoms with Crippen molar-refractivity contribution in [1.29, 1.82) is 0 Å². The first kappa shape index (κ1) is 27.2. The van der Waals surface area contributed by atoms with E-state index in [2.05, 4.69) is 46.4 Å². The van der Waals surface area contributed by atoms with Gasteiger partial charge in [0, 0.05) is 53.6 Å². The highest BCUT2D eigenvalue weighted by Gasteiger charge is 2.28. The third-order valence-corrected chi connectivity index (χ3v) is 7.41. The van der Waals surface area contributed by atoms with Crippen molar-refractivity contribution >= 4 is 34.7 Å². The molecule has 1 fully saturated rings. The molecule has 1 aromatic carbocycles. The Labute approximate surface area is 215 Å². The van der Waals surface area contributed by atoms with Crippen LogP contribution < -0.4 is 15.5 Å². The summed E-state index contributed by atoms with van der Waals surface area (Å²) < 4.78 is 0. The Balaban J connectivity index is 1.81. The fraction of sp³-hybridized carbons (Fsp3) is 0.593. The van der Waals surface area contributed by atoms with Gasteiger partial charge in [-0.25, -0.2) is 4.99 Å². The van der Waals surface area contributed by atoms with Crippen LogP contribution in [0.3, 0.4) is 0 Å². The second-order valence-corrected chi connectivity index (χ2v) is 10.2. The van der Waals surface area contributed by atoms with Crippen molar-refractivity contribution in [3.8, 4) is 0 Å². The molecular formula is C27H40ClN5O2. The fourth-order valence-electron chi connectivity index (χ4n) is 5.24. The molecule has 35 heavy (non-hydrogen) atoms. The van der Waals surface area contributed by atoms with Crippen LogP contribution >= 0.6 is 11.6 Å². The summed E-state index contributed by atoms with van der Waals surface area (Å²) in [6.07, 6.45) is 4.85. The van der Waals surface area contributed by atoms with E-state index in [1.807, 2.05) is 26.8 Å². The first-order chi connectivity index (χ1) is 16.7. The van der Waals surface area contributed by atoms with E-state index in [4.69, 9.17) is 11.6 Å². The van der Waals surface area contributed by atoms with Gasteiger partial charge in [0.05, 0.1) is 12.1 Å². The molecule has 1 heterocycles. The zero-order chi connectivity index (χ0) is 25.7. The van der Waals surface area contributed by atoms with Crippen LogP contribution in [0.25, 0.3) is 0 Å². The molecule has 192 valence electrons. The number of nitrogens with one attached hydrogen (secondary N) is 2. The molecule has 1 amide bonds. The lowest BCUT2D eigenvalue weighted by Crippen LogP contribution is -2.42. The average Bonchev–Trinajstić information content (AvgIpc) is 2.81. The minimum absolute atomic E-state index is 0.0114. The molecule has 3 rings (SSSR count). The monoisotopic (exact) mass is 501 g/mol. The van der Waals surface area contributed by atoms with Crippen molar-refractivity contribution in [3.05, 3.63) is 39.7 Å². The molecule has 7 nitrogen and oxygen atoms in total. The van der Waals surface area contributed by atoms with Gasteiger partial charge in [0.15, 0.2) is 5.78 Å². The molecule has 0 unspecified atom stereocenters. The number of Topliss-reactive ketones (excluding diaryl/α,β-unsaturated/α-hetero) is 1. The van der Waals surface area contributed by atoms with Crippen molar-refractivity contribution in [2.24, 2.45) is 4.99 Å². The lowest BCUT2D eigenvalue weighted by atomic mass is 9.89. The van der Waals surface area contributed by atoms with Gasteiger partial charge in [-0.3, -0.25) is 9.59 Å². The molecule has 0 bridgehead atoms. The quantitative estimate of drug-likeness (QED) is 0.526. The number of carbonyl (C=O) groups excluding carboxylic acids is 2. The van der Waals surface area contributed by atoms with Crippen LogP contribution in [0, 0.1) is 6.92 Å². The number of nitrogens with zero attached hydrogens (tertiary/aromatic N) is 3. The van der Waals surface area contributed by atoms with Crippen LogP contribution in [-0.4, -0.2) is 68.1 Å².